The van der Waals surface area contributed by atoms with Gasteiger partial charge in [0, 0.05) is 44.6 Å². The summed E-state index contributed by atoms with van der Waals surface area (Å²) in [5, 5.41) is 5.53. The molecule has 292 valence electrons. The second-order valence-electron chi connectivity index (χ2n) is 15.9. The van der Waals surface area contributed by atoms with E-state index in [0.29, 0.717) is 23.2 Å². The monoisotopic (exact) mass is 795 g/mol. The number of aliphatic imine (C=N–C) groups is 1. The van der Waals surface area contributed by atoms with Gasteiger partial charge in [-0.05, 0) is 83.5 Å². The Kier molecular flexibility index (Phi) is 8.62. The SMILES string of the molecule is C1=CC(c2nc(-c3ccccc3)nc(-c3ccc4ccc(-c5ccc6ccc(-c7ccc(-c8ccc9ccc%10c(c9n8)N=CCC%10)c8ccccc78)cc6n5)cc4n3)n2)=CCC1. The van der Waals surface area contributed by atoms with E-state index < -0.39 is 0 Å². The molecule has 1 aliphatic carbocycles. The summed E-state index contributed by atoms with van der Waals surface area (Å²) in [7, 11) is 0. The maximum absolute atomic E-state index is 5.24. The number of hydrogen-bond donors (Lipinski definition) is 0. The van der Waals surface area contributed by atoms with Crippen molar-refractivity contribution in [1.82, 2.24) is 29.9 Å². The third-order valence-corrected chi connectivity index (χ3v) is 12.0. The van der Waals surface area contributed by atoms with Crippen LogP contribution in [0.3, 0.4) is 0 Å². The zero-order valence-electron chi connectivity index (χ0n) is 33.7. The maximum atomic E-state index is 5.24. The van der Waals surface area contributed by atoms with Gasteiger partial charge in [0.2, 0.25) is 0 Å². The molecule has 2 aliphatic rings. The summed E-state index contributed by atoms with van der Waals surface area (Å²) in [6.45, 7) is 0. The van der Waals surface area contributed by atoms with E-state index in [-0.39, 0.29) is 0 Å². The van der Waals surface area contributed by atoms with Gasteiger partial charge in [0.15, 0.2) is 17.5 Å². The van der Waals surface area contributed by atoms with Crippen LogP contribution in [0.4, 0.5) is 5.69 Å². The van der Waals surface area contributed by atoms with Crippen molar-refractivity contribution in [3.8, 4) is 56.5 Å². The van der Waals surface area contributed by atoms with E-state index in [1.807, 2.05) is 42.6 Å². The number of rotatable bonds is 6. The predicted molar refractivity (Wildman–Crippen MR) is 253 cm³/mol. The standard InChI is InChI=1S/C55H37N7/c1-3-10-38(11-4-1)53-60-54(39-12-5-2-6-13-39)62-55(61-53)48-30-24-35-18-22-41(33-50(35)58-48)46-28-23-34-17-21-40(32-49(34)57-46)42-26-27-45(44-16-8-7-15-43(42)44)47-29-25-37-20-19-36-14-9-31-56-51(36)52(37)59-47/h1,3-5,7-8,10-13,15-33H,2,6,9,14H2. The number of hydrogen-bond acceptors (Lipinski definition) is 7. The molecular formula is C55H37N7. The minimum atomic E-state index is 0.541. The van der Waals surface area contributed by atoms with Crippen LogP contribution in [0.25, 0.3) is 106 Å². The third-order valence-electron chi connectivity index (χ3n) is 12.0. The number of benzene rings is 6. The van der Waals surface area contributed by atoms with Crippen LogP contribution in [0.5, 0.6) is 0 Å². The number of nitrogens with zero attached hydrogens (tertiary/aromatic N) is 7. The largest absolute Gasteiger partial charge is 0.259 e. The molecule has 6 aromatic carbocycles. The molecule has 0 N–H and O–H groups in total. The Morgan fingerprint density at radius 3 is 1.92 bits per heavy atom. The molecule has 1 aliphatic heterocycles. The van der Waals surface area contributed by atoms with Crippen molar-refractivity contribution in [2.45, 2.75) is 25.7 Å². The minimum absolute atomic E-state index is 0.541. The molecule has 5 heterocycles. The highest BCUT2D eigenvalue weighted by Gasteiger charge is 2.17. The average Bonchev–Trinajstić information content (AvgIpc) is 3.35. The van der Waals surface area contributed by atoms with Crippen LogP contribution in [-0.2, 0) is 6.42 Å². The first-order valence-corrected chi connectivity index (χ1v) is 21.2. The molecular weight excluding hydrogens is 759 g/mol. The maximum Gasteiger partial charge on any atom is 0.182 e. The number of fused-ring (bicyclic) bond motifs is 6. The van der Waals surface area contributed by atoms with E-state index in [2.05, 4.69) is 133 Å². The Bertz CT molecular complexity index is 3530. The third kappa shape index (κ3) is 6.42. The zero-order chi connectivity index (χ0) is 41.0. The fraction of sp³-hybridized carbons (Fsp3) is 0.0727. The van der Waals surface area contributed by atoms with Gasteiger partial charge < -0.3 is 0 Å². The predicted octanol–water partition coefficient (Wildman–Crippen LogP) is 13.4. The number of aromatic nitrogens is 6. The van der Waals surface area contributed by atoms with Gasteiger partial charge in [0.05, 0.1) is 33.6 Å². The molecule has 10 aromatic rings. The van der Waals surface area contributed by atoms with Crippen LogP contribution in [-0.4, -0.2) is 36.1 Å². The lowest BCUT2D eigenvalue weighted by molar-refractivity contribution is 1.00. The van der Waals surface area contributed by atoms with Crippen molar-refractivity contribution >= 4 is 61.0 Å². The average molecular weight is 796 g/mol. The fourth-order valence-corrected chi connectivity index (χ4v) is 8.82. The van der Waals surface area contributed by atoms with Gasteiger partial charge in [-0.25, -0.2) is 29.9 Å². The zero-order valence-corrected chi connectivity index (χ0v) is 33.7. The van der Waals surface area contributed by atoms with E-state index in [9.17, 15) is 0 Å². The molecule has 0 radical (unpaired) electrons. The Balaban J connectivity index is 0.905. The number of aryl methyl sites for hydroxylation is 1. The normalized spacial score (nSPS) is 13.5. The molecule has 0 saturated carbocycles. The van der Waals surface area contributed by atoms with Crippen molar-refractivity contribution in [3.05, 3.63) is 181 Å². The molecule has 0 unspecified atom stereocenters. The van der Waals surface area contributed by atoms with Gasteiger partial charge >= 0.3 is 0 Å². The van der Waals surface area contributed by atoms with Crippen LogP contribution in [0, 0.1) is 0 Å². The molecule has 0 saturated heterocycles. The molecule has 0 fully saturated rings. The summed E-state index contributed by atoms with van der Waals surface area (Å²) in [4.78, 5) is 35.1. The molecule has 4 aromatic heterocycles. The highest BCUT2D eigenvalue weighted by Crippen LogP contribution is 2.39. The number of allylic oxidation sites excluding steroid dienone is 4. The van der Waals surface area contributed by atoms with Crippen molar-refractivity contribution < 1.29 is 0 Å². The van der Waals surface area contributed by atoms with Crippen molar-refractivity contribution in [2.24, 2.45) is 4.99 Å². The molecule has 0 atom stereocenters. The summed E-state index contributed by atoms with van der Waals surface area (Å²) in [6, 6.07) is 53.0. The lowest BCUT2D eigenvalue weighted by atomic mass is 9.93. The lowest BCUT2D eigenvalue weighted by Crippen LogP contribution is -2.04. The van der Waals surface area contributed by atoms with Gasteiger partial charge in [0.1, 0.15) is 5.69 Å². The molecule has 0 spiro atoms. The van der Waals surface area contributed by atoms with E-state index >= 15 is 0 Å². The summed E-state index contributed by atoms with van der Waals surface area (Å²) in [6.07, 6.45) is 12.4. The first-order chi connectivity index (χ1) is 30.7. The van der Waals surface area contributed by atoms with E-state index in [4.69, 9.17) is 34.9 Å². The van der Waals surface area contributed by atoms with E-state index in [1.54, 1.807) is 0 Å². The highest BCUT2D eigenvalue weighted by atomic mass is 15.0. The Morgan fingerprint density at radius 1 is 0.419 bits per heavy atom. The molecule has 0 bridgehead atoms. The van der Waals surface area contributed by atoms with Gasteiger partial charge in [0.25, 0.3) is 0 Å². The molecule has 12 rings (SSSR count). The smallest absolute Gasteiger partial charge is 0.182 e. The Hall–Kier alpha value is -8.03. The summed E-state index contributed by atoms with van der Waals surface area (Å²) >= 11 is 0. The number of pyridine rings is 3. The summed E-state index contributed by atoms with van der Waals surface area (Å²) < 4.78 is 0. The van der Waals surface area contributed by atoms with Crippen LogP contribution in [0.2, 0.25) is 0 Å². The highest BCUT2D eigenvalue weighted by molar-refractivity contribution is 6.06. The van der Waals surface area contributed by atoms with Crippen molar-refractivity contribution in [1.29, 1.82) is 0 Å². The van der Waals surface area contributed by atoms with Gasteiger partial charge in [-0.3, -0.25) is 4.99 Å². The minimum Gasteiger partial charge on any atom is -0.259 e. The van der Waals surface area contributed by atoms with Crippen molar-refractivity contribution in [2.75, 3.05) is 0 Å². The quantitative estimate of drug-likeness (QED) is 0.166. The first kappa shape index (κ1) is 35.9. The second-order valence-corrected chi connectivity index (χ2v) is 15.9. The summed E-state index contributed by atoms with van der Waals surface area (Å²) in [5.41, 5.74) is 13.8. The second kappa shape index (κ2) is 14.9. The Labute approximate surface area is 358 Å². The molecule has 7 nitrogen and oxygen atoms in total. The summed E-state index contributed by atoms with van der Waals surface area (Å²) in [5.74, 6) is 1.82. The van der Waals surface area contributed by atoms with Crippen LogP contribution in [0.15, 0.2) is 175 Å². The van der Waals surface area contributed by atoms with Crippen LogP contribution in [0.1, 0.15) is 30.7 Å². The van der Waals surface area contributed by atoms with Gasteiger partial charge in [-0.1, -0.05) is 140 Å². The molecule has 0 amide bonds. The van der Waals surface area contributed by atoms with Crippen LogP contribution >= 0.6 is 0 Å². The Morgan fingerprint density at radius 2 is 1.08 bits per heavy atom. The molecule has 7 heteroatoms. The topological polar surface area (TPSA) is 89.7 Å². The first-order valence-electron chi connectivity index (χ1n) is 21.2. The van der Waals surface area contributed by atoms with E-state index in [1.165, 1.54) is 10.9 Å². The van der Waals surface area contributed by atoms with Crippen molar-refractivity contribution in [3.63, 3.8) is 0 Å². The van der Waals surface area contributed by atoms with Crippen LogP contribution < -0.4 is 0 Å². The fourth-order valence-electron chi connectivity index (χ4n) is 8.82. The van der Waals surface area contributed by atoms with Gasteiger partial charge in [-0.2, -0.15) is 0 Å². The van der Waals surface area contributed by atoms with E-state index in [0.717, 1.165) is 114 Å². The molecule has 62 heavy (non-hydrogen) atoms. The van der Waals surface area contributed by atoms with Gasteiger partial charge in [-0.15, -0.1) is 0 Å². The lowest BCUT2D eigenvalue weighted by Gasteiger charge is -2.15.